The van der Waals surface area contributed by atoms with Gasteiger partial charge >= 0.3 is 0 Å². The van der Waals surface area contributed by atoms with Crippen LogP contribution in [0, 0.1) is 0 Å². The van der Waals surface area contributed by atoms with Gasteiger partial charge in [-0.1, -0.05) is 28.1 Å². The van der Waals surface area contributed by atoms with Crippen molar-refractivity contribution in [3.05, 3.63) is 34.3 Å². The Morgan fingerprint density at radius 1 is 1.32 bits per heavy atom. The van der Waals surface area contributed by atoms with E-state index in [4.69, 9.17) is 27.9 Å². The van der Waals surface area contributed by atoms with Crippen molar-refractivity contribution in [3.63, 3.8) is 0 Å². The van der Waals surface area contributed by atoms with Gasteiger partial charge in [0.2, 0.25) is 0 Å². The maximum atomic E-state index is 6.27. The molecule has 2 rings (SSSR count). The Kier molecular flexibility index (Phi) is 5.59. The summed E-state index contributed by atoms with van der Waals surface area (Å²) in [6.45, 7) is 2.13. The van der Waals surface area contributed by atoms with E-state index < -0.39 is 0 Å². The molecule has 1 nitrogen and oxygen atoms in total. The zero-order valence-electron chi connectivity index (χ0n) is 11.0. The zero-order valence-corrected chi connectivity index (χ0v) is 14.1. The highest BCUT2D eigenvalue weighted by molar-refractivity contribution is 9.10. The van der Waals surface area contributed by atoms with Crippen molar-refractivity contribution in [2.45, 2.75) is 43.8 Å². The minimum absolute atomic E-state index is 0.207. The normalized spacial score (nSPS) is 23.8. The third-order valence-corrected chi connectivity index (χ3v) is 5.40. The molecule has 1 saturated heterocycles. The molecule has 1 aromatic carbocycles. The molecule has 1 heterocycles. The van der Waals surface area contributed by atoms with Gasteiger partial charge in [0, 0.05) is 21.6 Å². The summed E-state index contributed by atoms with van der Waals surface area (Å²) >= 11 is 16.1. The first kappa shape index (κ1) is 15.6. The predicted molar refractivity (Wildman–Crippen MR) is 85.4 cm³/mol. The van der Waals surface area contributed by atoms with Gasteiger partial charge in [-0.2, -0.15) is 0 Å². The van der Waals surface area contributed by atoms with E-state index in [1.54, 1.807) is 0 Å². The summed E-state index contributed by atoms with van der Waals surface area (Å²) in [6, 6.07) is 8.27. The number of hydrogen-bond acceptors (Lipinski definition) is 1. The molecule has 2 atom stereocenters. The van der Waals surface area contributed by atoms with Gasteiger partial charge in [0.05, 0.1) is 12.2 Å². The van der Waals surface area contributed by atoms with Crippen LogP contribution in [0.2, 0.25) is 0 Å². The molecule has 0 amide bonds. The quantitative estimate of drug-likeness (QED) is 0.658. The Bertz CT molecular complexity index is 420. The lowest BCUT2D eigenvalue weighted by molar-refractivity contribution is 0.0400. The van der Waals surface area contributed by atoms with Crippen LogP contribution in [0.5, 0.6) is 0 Å². The number of hydrogen-bond donors (Lipinski definition) is 0. The molecule has 4 heteroatoms. The summed E-state index contributed by atoms with van der Waals surface area (Å²) in [5.41, 5.74) is 0.983. The van der Waals surface area contributed by atoms with E-state index in [0.717, 1.165) is 23.7 Å². The summed E-state index contributed by atoms with van der Waals surface area (Å²) in [7, 11) is 0. The second-order valence-electron chi connectivity index (χ2n) is 5.41. The molecule has 0 N–H and O–H groups in total. The van der Waals surface area contributed by atoms with Crippen LogP contribution in [-0.4, -0.2) is 24.0 Å². The first-order valence-electron chi connectivity index (χ1n) is 6.63. The molecule has 2 unspecified atom stereocenters. The molecule has 0 aliphatic carbocycles. The maximum absolute atomic E-state index is 6.27. The zero-order chi connectivity index (χ0) is 13.9. The Morgan fingerprint density at radius 2 is 2.05 bits per heavy atom. The Labute approximate surface area is 133 Å². The predicted octanol–water partition coefficient (Wildman–Crippen LogP) is 5.12. The van der Waals surface area contributed by atoms with Gasteiger partial charge in [0.1, 0.15) is 0 Å². The van der Waals surface area contributed by atoms with Crippen molar-refractivity contribution in [2.24, 2.45) is 0 Å². The van der Waals surface area contributed by atoms with Crippen LogP contribution in [0.25, 0.3) is 0 Å². The number of ether oxygens (including phenoxy) is 1. The van der Waals surface area contributed by atoms with Gasteiger partial charge < -0.3 is 4.74 Å². The van der Waals surface area contributed by atoms with Crippen LogP contribution in [0.1, 0.15) is 31.7 Å². The van der Waals surface area contributed by atoms with E-state index in [0.29, 0.717) is 17.9 Å². The largest absolute Gasteiger partial charge is 0.375 e. The van der Waals surface area contributed by atoms with Crippen LogP contribution in [0.3, 0.4) is 0 Å². The summed E-state index contributed by atoms with van der Waals surface area (Å²) in [5.74, 6) is 1.03. The van der Waals surface area contributed by atoms with Crippen LogP contribution >= 0.6 is 39.1 Å². The van der Waals surface area contributed by atoms with Gasteiger partial charge in [0.25, 0.3) is 0 Å². The molecular formula is C15H19BrCl2O. The van der Waals surface area contributed by atoms with Gasteiger partial charge in [-0.25, -0.2) is 0 Å². The lowest BCUT2D eigenvalue weighted by atomic mass is 9.79. The first-order valence-corrected chi connectivity index (χ1v) is 8.49. The van der Waals surface area contributed by atoms with E-state index in [1.807, 2.05) is 12.1 Å². The first-order chi connectivity index (χ1) is 9.09. The van der Waals surface area contributed by atoms with Crippen LogP contribution in [0.4, 0.5) is 0 Å². The molecule has 1 aliphatic heterocycles. The van der Waals surface area contributed by atoms with E-state index in [-0.39, 0.29) is 11.5 Å². The lowest BCUT2D eigenvalue weighted by Gasteiger charge is -2.33. The van der Waals surface area contributed by atoms with Gasteiger partial charge in [-0.15, -0.1) is 23.2 Å². The van der Waals surface area contributed by atoms with E-state index in [9.17, 15) is 0 Å². The number of rotatable bonds is 5. The average Bonchev–Trinajstić information content (AvgIpc) is 2.81. The minimum atomic E-state index is -0.207. The van der Waals surface area contributed by atoms with E-state index in [1.165, 1.54) is 5.56 Å². The number of alkyl halides is 2. The summed E-state index contributed by atoms with van der Waals surface area (Å²) in [4.78, 5) is 0. The third-order valence-electron chi connectivity index (χ3n) is 3.89. The molecule has 0 aromatic heterocycles. The molecule has 1 aliphatic rings. The summed E-state index contributed by atoms with van der Waals surface area (Å²) in [6.07, 6.45) is 3.75. The number of benzene rings is 1. The topological polar surface area (TPSA) is 9.23 Å². The molecule has 0 saturated carbocycles. The van der Waals surface area contributed by atoms with Gasteiger partial charge in [0.15, 0.2) is 0 Å². The minimum Gasteiger partial charge on any atom is -0.375 e. The SMILES string of the molecule is CC1CCC(CC(CCl)(CCl)c2cccc(Br)c2)O1. The molecule has 0 radical (unpaired) electrons. The smallest absolute Gasteiger partial charge is 0.0589 e. The van der Waals surface area contributed by atoms with Crippen molar-refractivity contribution in [2.75, 3.05) is 11.8 Å². The summed E-state index contributed by atoms with van der Waals surface area (Å²) < 4.78 is 7.00. The second-order valence-corrected chi connectivity index (χ2v) is 6.86. The average molecular weight is 366 g/mol. The Hall–Kier alpha value is 0.240. The van der Waals surface area contributed by atoms with Gasteiger partial charge in [-0.3, -0.25) is 0 Å². The van der Waals surface area contributed by atoms with Crippen molar-refractivity contribution in [3.8, 4) is 0 Å². The fraction of sp³-hybridized carbons (Fsp3) is 0.600. The molecule has 106 valence electrons. The highest BCUT2D eigenvalue weighted by Crippen LogP contribution is 2.37. The second kappa shape index (κ2) is 6.80. The van der Waals surface area contributed by atoms with Crippen LogP contribution in [-0.2, 0) is 10.2 Å². The van der Waals surface area contributed by atoms with Crippen molar-refractivity contribution in [1.82, 2.24) is 0 Å². The van der Waals surface area contributed by atoms with Crippen LogP contribution < -0.4 is 0 Å². The Balaban J connectivity index is 2.21. The number of halogens is 3. The van der Waals surface area contributed by atoms with E-state index in [2.05, 4.69) is 35.0 Å². The molecule has 1 fully saturated rings. The van der Waals surface area contributed by atoms with Crippen LogP contribution in [0.15, 0.2) is 28.7 Å². The maximum Gasteiger partial charge on any atom is 0.0589 e. The Morgan fingerprint density at radius 3 is 2.58 bits per heavy atom. The van der Waals surface area contributed by atoms with Crippen molar-refractivity contribution in [1.29, 1.82) is 0 Å². The molecule has 0 bridgehead atoms. The molecule has 19 heavy (non-hydrogen) atoms. The molecular weight excluding hydrogens is 347 g/mol. The fourth-order valence-electron chi connectivity index (χ4n) is 2.71. The fourth-order valence-corrected chi connectivity index (χ4v) is 3.92. The lowest BCUT2D eigenvalue weighted by Crippen LogP contribution is -2.35. The monoisotopic (exact) mass is 364 g/mol. The third kappa shape index (κ3) is 3.66. The summed E-state index contributed by atoms with van der Waals surface area (Å²) in [5, 5.41) is 0. The highest BCUT2D eigenvalue weighted by atomic mass is 79.9. The standard InChI is InChI=1S/C15H19BrCl2O/c1-11-5-6-14(19-11)8-15(9-17,10-18)12-3-2-4-13(16)7-12/h2-4,7,11,14H,5-6,8-10H2,1H3. The van der Waals surface area contributed by atoms with Crippen molar-refractivity contribution < 1.29 is 4.74 Å². The van der Waals surface area contributed by atoms with Gasteiger partial charge in [-0.05, 0) is 43.9 Å². The highest BCUT2D eigenvalue weighted by Gasteiger charge is 2.36. The van der Waals surface area contributed by atoms with E-state index >= 15 is 0 Å². The molecule has 1 aromatic rings. The molecule has 0 spiro atoms. The van der Waals surface area contributed by atoms with Crippen molar-refractivity contribution >= 4 is 39.1 Å².